The average molecular weight is 850 g/mol. The third kappa shape index (κ3) is 13.6. The van der Waals surface area contributed by atoms with Gasteiger partial charge in [-0.05, 0) is 82.4 Å². The Bertz CT molecular complexity index is 2350. The van der Waals surface area contributed by atoms with E-state index in [0.717, 1.165) is 24.1 Å². The summed E-state index contributed by atoms with van der Waals surface area (Å²) < 4.78 is 39.1. The van der Waals surface area contributed by atoms with E-state index >= 15 is 0 Å². The fourth-order valence-corrected chi connectivity index (χ4v) is 7.97. The normalized spacial score (nSPS) is 11.7. The predicted molar refractivity (Wildman–Crippen MR) is 228 cm³/mol. The zero-order valence-corrected chi connectivity index (χ0v) is 35.5. The Kier molecular flexibility index (Phi) is 17.5. The first-order valence-electron chi connectivity index (χ1n) is 19.7. The van der Waals surface area contributed by atoms with Gasteiger partial charge in [0.2, 0.25) is 23.2 Å². The van der Waals surface area contributed by atoms with Crippen molar-refractivity contribution in [1.29, 1.82) is 0 Å². The van der Waals surface area contributed by atoms with Crippen LogP contribution in [0.25, 0.3) is 10.9 Å². The van der Waals surface area contributed by atoms with Crippen molar-refractivity contribution in [2.24, 2.45) is 11.4 Å². The Hall–Kier alpha value is -5.92. The van der Waals surface area contributed by atoms with Crippen molar-refractivity contribution in [2.45, 2.75) is 70.9 Å². The number of rotatable bonds is 24. The van der Waals surface area contributed by atoms with Crippen LogP contribution < -0.4 is 32.0 Å². The van der Waals surface area contributed by atoms with Crippen LogP contribution >= 0.6 is 0 Å². The fourth-order valence-electron chi connectivity index (χ4n) is 6.52. The summed E-state index contributed by atoms with van der Waals surface area (Å²) in [7, 11) is -0.755. The van der Waals surface area contributed by atoms with E-state index in [0.29, 0.717) is 61.7 Å². The van der Waals surface area contributed by atoms with Crippen molar-refractivity contribution in [3.05, 3.63) is 87.0 Å². The standard InChI is InChI=1S/C41H55N9O9S/c1-27-21-28(2)38(29(3)22-27)60(57,58)48-33(40(55)56)25-46-39(54)32-26-50(34-23-30(9-10-31(34)37(32)53)24-47-41-45-16-18-49(41)5)17-6-14-43-35(51)11-12-36(52)44-15-8-20-59-19-7-13-42-4/h9-10,16,18,21-23,26,42H,6-8,11-15,17,19-20,24-25H2,1-5H3,(H,43,51)(H,44,52)(H,45,47)(H,46,54)(H,55,56)/b48-33+. The lowest BCUT2D eigenvalue weighted by Crippen LogP contribution is -2.36. The lowest BCUT2D eigenvalue weighted by molar-refractivity contribution is -0.129. The van der Waals surface area contributed by atoms with Gasteiger partial charge in [-0.25, -0.2) is 9.78 Å². The van der Waals surface area contributed by atoms with E-state index in [9.17, 15) is 37.5 Å². The number of hydrogen-bond donors (Lipinski definition) is 6. The van der Waals surface area contributed by atoms with Crippen LogP contribution in [0.3, 0.4) is 0 Å². The van der Waals surface area contributed by atoms with Crippen LogP contribution in [-0.4, -0.2) is 103 Å². The molecule has 2 heterocycles. The summed E-state index contributed by atoms with van der Waals surface area (Å²) in [5, 5.41) is 24.3. The predicted octanol–water partition coefficient (Wildman–Crippen LogP) is 2.34. The molecule has 2 aromatic heterocycles. The summed E-state index contributed by atoms with van der Waals surface area (Å²) >= 11 is 0. The number of aryl methyl sites for hydroxylation is 5. The van der Waals surface area contributed by atoms with E-state index in [1.165, 1.54) is 6.20 Å². The molecule has 324 valence electrons. The van der Waals surface area contributed by atoms with Gasteiger partial charge in [0.05, 0.1) is 17.0 Å². The number of aromatic nitrogens is 3. The number of imidazole rings is 1. The quantitative estimate of drug-likeness (QED) is 0.0440. The van der Waals surface area contributed by atoms with Gasteiger partial charge in [-0.2, -0.15) is 12.8 Å². The monoisotopic (exact) mass is 849 g/mol. The van der Waals surface area contributed by atoms with Gasteiger partial charge in [-0.3, -0.25) is 19.2 Å². The summed E-state index contributed by atoms with van der Waals surface area (Å²) in [5.41, 5.74) is 1.14. The van der Waals surface area contributed by atoms with Crippen LogP contribution in [0.1, 0.15) is 64.7 Å². The first-order valence-corrected chi connectivity index (χ1v) is 21.1. The number of pyridine rings is 1. The number of amides is 3. The van der Waals surface area contributed by atoms with E-state index in [1.807, 2.05) is 18.7 Å². The summed E-state index contributed by atoms with van der Waals surface area (Å²) in [5.74, 6) is -2.51. The third-order valence-corrected chi connectivity index (χ3v) is 11.0. The van der Waals surface area contributed by atoms with E-state index in [4.69, 9.17) is 4.74 Å². The molecule has 0 aliphatic carbocycles. The van der Waals surface area contributed by atoms with Gasteiger partial charge in [-0.15, -0.1) is 0 Å². The highest BCUT2D eigenvalue weighted by Gasteiger charge is 2.24. The number of hydrogen-bond acceptors (Lipinski definition) is 11. The van der Waals surface area contributed by atoms with Gasteiger partial charge >= 0.3 is 5.97 Å². The molecule has 6 N–H and O–H groups in total. The maximum atomic E-state index is 13.8. The smallest absolute Gasteiger partial charge is 0.353 e. The van der Waals surface area contributed by atoms with E-state index < -0.39 is 39.6 Å². The van der Waals surface area contributed by atoms with Gasteiger partial charge in [0.15, 0.2) is 5.71 Å². The number of nitrogens with zero attached hydrogens (tertiary/aromatic N) is 4. The molecule has 0 aliphatic rings. The summed E-state index contributed by atoms with van der Waals surface area (Å²) in [6.07, 6.45) is 6.78. The van der Waals surface area contributed by atoms with E-state index in [2.05, 4.69) is 36.0 Å². The fraction of sp³-hybridized carbons (Fsp3) is 0.439. The molecule has 4 aromatic rings. The highest BCUT2D eigenvalue weighted by Crippen LogP contribution is 2.24. The number of sulfonamides is 1. The second kappa shape index (κ2) is 22.5. The summed E-state index contributed by atoms with van der Waals surface area (Å²) in [6.45, 7) is 7.53. The van der Waals surface area contributed by atoms with Crippen LogP contribution in [0.5, 0.6) is 0 Å². The minimum atomic E-state index is -4.48. The molecule has 3 amide bonds. The van der Waals surface area contributed by atoms with Crippen molar-refractivity contribution in [3.63, 3.8) is 0 Å². The third-order valence-electron chi connectivity index (χ3n) is 9.40. The number of carbonyl (C=O) groups is 4. The molecule has 4 rings (SSSR count). The first-order chi connectivity index (χ1) is 28.6. The van der Waals surface area contributed by atoms with Crippen molar-refractivity contribution >= 4 is 56.3 Å². The van der Waals surface area contributed by atoms with Crippen LogP contribution in [0, 0.1) is 20.8 Å². The van der Waals surface area contributed by atoms with Crippen molar-refractivity contribution < 1.29 is 37.4 Å². The average Bonchev–Trinajstić information content (AvgIpc) is 3.61. The molecule has 18 nitrogen and oxygen atoms in total. The SMILES string of the molecule is CNCCCOCCCNC(=O)CCC(=O)NCCCn1cc(C(=O)NC/C(=N\S(=O)(=O)c2c(C)cc(C)cc2C)C(=O)O)c(=O)c2ccc(CNc3nccn3C)cc21. The first kappa shape index (κ1) is 46.8. The number of aliphatic carboxylic acids is 1. The number of carboxylic acid groups (broad SMARTS) is 1. The number of fused-ring (bicyclic) bond motifs is 1. The zero-order valence-electron chi connectivity index (χ0n) is 34.7. The highest BCUT2D eigenvalue weighted by atomic mass is 32.2. The minimum Gasteiger partial charge on any atom is -0.477 e. The van der Waals surface area contributed by atoms with Gasteiger partial charge in [0.25, 0.3) is 15.9 Å². The number of anilines is 1. The summed E-state index contributed by atoms with van der Waals surface area (Å²) in [6, 6.07) is 8.42. The Morgan fingerprint density at radius 1 is 0.900 bits per heavy atom. The van der Waals surface area contributed by atoms with Crippen molar-refractivity contribution in [2.75, 3.05) is 51.8 Å². The minimum absolute atomic E-state index is 0.00283. The van der Waals surface area contributed by atoms with Crippen LogP contribution in [0.15, 0.2) is 63.0 Å². The van der Waals surface area contributed by atoms with Gasteiger partial charge in [0, 0.05) is 83.3 Å². The molecule has 0 atom stereocenters. The van der Waals surface area contributed by atoms with Crippen LogP contribution in [0.2, 0.25) is 0 Å². The molecule has 0 unspecified atom stereocenters. The molecule has 0 bridgehead atoms. The van der Waals surface area contributed by atoms with Crippen LogP contribution in [-0.2, 0) is 49.3 Å². The molecule has 0 radical (unpaired) electrons. The van der Waals surface area contributed by atoms with Gasteiger partial charge in [-0.1, -0.05) is 23.8 Å². The number of carbonyl (C=O) groups excluding carboxylic acids is 3. The maximum absolute atomic E-state index is 13.8. The Morgan fingerprint density at radius 2 is 1.55 bits per heavy atom. The molecule has 19 heteroatoms. The van der Waals surface area contributed by atoms with Crippen molar-refractivity contribution in [3.8, 4) is 0 Å². The molecule has 2 aromatic carbocycles. The van der Waals surface area contributed by atoms with Gasteiger partial charge in [0.1, 0.15) is 5.56 Å². The second-order valence-electron chi connectivity index (χ2n) is 14.3. The number of carboxylic acids is 1. The Labute approximate surface area is 349 Å². The Morgan fingerprint density at radius 3 is 2.17 bits per heavy atom. The molecule has 0 spiro atoms. The van der Waals surface area contributed by atoms with E-state index in [1.54, 1.807) is 68.1 Å². The number of nitrogens with one attached hydrogen (secondary N) is 5. The maximum Gasteiger partial charge on any atom is 0.353 e. The largest absolute Gasteiger partial charge is 0.477 e. The molecule has 0 saturated heterocycles. The van der Waals surface area contributed by atoms with E-state index in [-0.39, 0.29) is 53.6 Å². The molecular weight excluding hydrogens is 795 g/mol. The lowest BCUT2D eigenvalue weighted by Gasteiger charge is -2.15. The number of ether oxygens (including phenoxy) is 1. The lowest BCUT2D eigenvalue weighted by atomic mass is 10.1. The number of benzene rings is 2. The van der Waals surface area contributed by atoms with Crippen molar-refractivity contribution in [1.82, 2.24) is 35.4 Å². The molecule has 60 heavy (non-hydrogen) atoms. The molecule has 0 aliphatic heterocycles. The topological polar surface area (TPSA) is 244 Å². The Balaban J connectivity index is 1.45. The zero-order chi connectivity index (χ0) is 43.8. The second-order valence-corrected chi connectivity index (χ2v) is 15.9. The highest BCUT2D eigenvalue weighted by molar-refractivity contribution is 7.90. The van der Waals surface area contributed by atoms with Crippen LogP contribution in [0.4, 0.5) is 5.95 Å². The molecular formula is C41H55N9O9S. The van der Waals surface area contributed by atoms with Gasteiger partial charge < -0.3 is 45.6 Å². The summed E-state index contributed by atoms with van der Waals surface area (Å²) in [4.78, 5) is 68.4. The molecule has 0 saturated carbocycles. The molecule has 0 fully saturated rings.